The lowest BCUT2D eigenvalue weighted by Crippen LogP contribution is -2.52. The molecule has 1 heterocycles. The predicted molar refractivity (Wildman–Crippen MR) is 88.3 cm³/mol. The lowest BCUT2D eigenvalue weighted by molar-refractivity contribution is -0.384. The molecule has 0 bridgehead atoms. The summed E-state index contributed by atoms with van der Waals surface area (Å²) in [6, 6.07) is 4.45. The Morgan fingerprint density at radius 3 is 2.50 bits per heavy atom. The summed E-state index contributed by atoms with van der Waals surface area (Å²) in [4.78, 5) is 25.2. The highest BCUT2D eigenvalue weighted by atomic mass is 35.5. The van der Waals surface area contributed by atoms with Gasteiger partial charge in [0.1, 0.15) is 0 Å². The summed E-state index contributed by atoms with van der Waals surface area (Å²) in [6.07, 6.45) is 0. The molecule has 0 aromatic heterocycles. The van der Waals surface area contributed by atoms with Gasteiger partial charge in [0, 0.05) is 45.2 Å². The molecule has 0 saturated carbocycles. The van der Waals surface area contributed by atoms with Crippen LogP contribution < -0.4 is 10.2 Å². The van der Waals surface area contributed by atoms with E-state index in [1.165, 1.54) is 19.1 Å². The van der Waals surface area contributed by atoms with Gasteiger partial charge in [0.2, 0.25) is 5.91 Å². The number of rotatable bonds is 2. The number of hydrogen-bond donors (Lipinski definition) is 1. The monoisotopic (exact) mass is 342 g/mol. The summed E-state index contributed by atoms with van der Waals surface area (Å²) in [6.45, 7) is 4.03. The number of carbonyl (C=O) groups excluding carboxylic acids is 1. The molecule has 0 spiro atoms. The van der Waals surface area contributed by atoms with Crippen LogP contribution in [0.15, 0.2) is 18.2 Å². The molecule has 118 valence electrons. The zero-order valence-corrected chi connectivity index (χ0v) is 13.5. The number of non-ortho nitro benzene ring substituents is 1. The minimum Gasteiger partial charge on any atom is -0.367 e. The summed E-state index contributed by atoms with van der Waals surface area (Å²) in [5.74, 6) is -0.189. The fourth-order valence-corrected chi connectivity index (χ4v) is 2.87. The van der Waals surface area contributed by atoms with Gasteiger partial charge in [0.25, 0.3) is 5.69 Å². The molecule has 1 aliphatic rings. The van der Waals surface area contributed by atoms with Gasteiger partial charge in [-0.3, -0.25) is 14.9 Å². The van der Waals surface area contributed by atoms with Gasteiger partial charge in [-0.15, -0.1) is 0 Å². The number of anilines is 1. The van der Waals surface area contributed by atoms with Crippen LogP contribution in [0.5, 0.6) is 0 Å². The second kappa shape index (κ2) is 6.89. The number of halogens is 1. The number of hydrogen-bond acceptors (Lipinski definition) is 5. The van der Waals surface area contributed by atoms with Crippen LogP contribution in [0, 0.1) is 10.1 Å². The fourth-order valence-electron chi connectivity index (χ4n) is 2.25. The van der Waals surface area contributed by atoms with Crippen LogP contribution in [0.4, 0.5) is 11.4 Å². The van der Waals surface area contributed by atoms with E-state index in [0.717, 1.165) is 5.69 Å². The summed E-state index contributed by atoms with van der Waals surface area (Å²) in [5, 5.41) is 14.1. The Morgan fingerprint density at radius 2 is 2.00 bits per heavy atom. The maximum Gasteiger partial charge on any atom is 0.271 e. The number of piperazine rings is 1. The maximum absolute atomic E-state index is 11.0. The molecule has 2 rings (SSSR count). The minimum absolute atomic E-state index is 0.0285. The molecule has 1 saturated heterocycles. The third kappa shape index (κ3) is 3.83. The summed E-state index contributed by atoms with van der Waals surface area (Å²) >= 11 is 11.3. The van der Waals surface area contributed by atoms with Gasteiger partial charge in [-0.2, -0.15) is 0 Å². The van der Waals surface area contributed by atoms with E-state index in [2.05, 4.69) is 5.32 Å². The van der Waals surface area contributed by atoms with E-state index >= 15 is 0 Å². The number of amides is 1. The smallest absolute Gasteiger partial charge is 0.271 e. The minimum atomic E-state index is -0.473. The van der Waals surface area contributed by atoms with E-state index in [4.69, 9.17) is 23.8 Å². The van der Waals surface area contributed by atoms with Crippen LogP contribution in [0.25, 0.3) is 0 Å². The summed E-state index contributed by atoms with van der Waals surface area (Å²) in [7, 11) is 0. The molecule has 0 atom stereocenters. The van der Waals surface area contributed by atoms with Crippen molar-refractivity contribution in [2.75, 3.05) is 31.1 Å². The van der Waals surface area contributed by atoms with Gasteiger partial charge in [-0.25, -0.2) is 0 Å². The molecule has 22 heavy (non-hydrogen) atoms. The van der Waals surface area contributed by atoms with Crippen molar-refractivity contribution < 1.29 is 9.72 Å². The van der Waals surface area contributed by atoms with Crippen LogP contribution in [-0.4, -0.2) is 47.0 Å². The predicted octanol–water partition coefficient (Wildman–Crippen LogP) is 1.79. The van der Waals surface area contributed by atoms with Crippen LogP contribution in [0.3, 0.4) is 0 Å². The van der Waals surface area contributed by atoms with Crippen molar-refractivity contribution in [3.8, 4) is 0 Å². The molecule has 1 aliphatic heterocycles. The third-order valence-electron chi connectivity index (χ3n) is 3.33. The van der Waals surface area contributed by atoms with E-state index in [-0.39, 0.29) is 11.6 Å². The van der Waals surface area contributed by atoms with E-state index in [0.29, 0.717) is 36.3 Å². The average Bonchev–Trinajstić information content (AvgIpc) is 2.46. The zero-order valence-electron chi connectivity index (χ0n) is 11.9. The van der Waals surface area contributed by atoms with Crippen molar-refractivity contribution in [2.45, 2.75) is 6.92 Å². The number of nitro benzene ring substituents is 1. The average molecular weight is 343 g/mol. The number of nitrogens with zero attached hydrogens (tertiary/aromatic N) is 3. The van der Waals surface area contributed by atoms with Gasteiger partial charge in [0.15, 0.2) is 5.11 Å². The SMILES string of the molecule is CC(=O)NC(=S)N1CCN(c2ccc([N+](=O)[O-])cc2Cl)CC1. The largest absolute Gasteiger partial charge is 0.367 e. The van der Waals surface area contributed by atoms with Crippen LogP contribution in [0.2, 0.25) is 5.02 Å². The van der Waals surface area contributed by atoms with Gasteiger partial charge in [-0.1, -0.05) is 11.6 Å². The van der Waals surface area contributed by atoms with Gasteiger partial charge >= 0.3 is 0 Å². The van der Waals surface area contributed by atoms with Gasteiger partial charge in [0.05, 0.1) is 15.6 Å². The third-order valence-corrected chi connectivity index (χ3v) is 4.00. The second-order valence-corrected chi connectivity index (χ2v) is 5.65. The second-order valence-electron chi connectivity index (χ2n) is 4.85. The van der Waals surface area contributed by atoms with Crippen LogP contribution in [0.1, 0.15) is 6.92 Å². The highest BCUT2D eigenvalue weighted by Crippen LogP contribution is 2.30. The Hall–Kier alpha value is -1.93. The molecule has 0 aliphatic carbocycles. The number of nitro groups is 1. The normalized spacial score (nSPS) is 14.6. The summed E-state index contributed by atoms with van der Waals surface area (Å²) < 4.78 is 0. The highest BCUT2D eigenvalue weighted by Gasteiger charge is 2.22. The molecule has 9 heteroatoms. The molecule has 7 nitrogen and oxygen atoms in total. The molecule has 1 fully saturated rings. The van der Waals surface area contributed by atoms with Crippen molar-refractivity contribution in [1.82, 2.24) is 10.2 Å². The number of nitrogens with one attached hydrogen (secondary N) is 1. The first-order valence-corrected chi connectivity index (χ1v) is 7.42. The van der Waals surface area contributed by atoms with E-state index < -0.39 is 4.92 Å². The molecule has 1 N–H and O–H groups in total. The quantitative estimate of drug-likeness (QED) is 0.501. The lowest BCUT2D eigenvalue weighted by atomic mass is 10.2. The molecular formula is C13H15ClN4O3S. The van der Waals surface area contributed by atoms with Gasteiger partial charge < -0.3 is 15.1 Å². The van der Waals surface area contributed by atoms with Crippen LogP contribution in [-0.2, 0) is 4.79 Å². The standard InChI is InChI=1S/C13H15ClN4O3S/c1-9(19)15-13(22)17-6-4-16(5-7-17)12-3-2-10(18(20)21)8-11(12)14/h2-3,8H,4-7H2,1H3,(H,15,19,22). The van der Waals surface area contributed by atoms with Crippen molar-refractivity contribution in [1.29, 1.82) is 0 Å². The zero-order chi connectivity index (χ0) is 16.3. The Morgan fingerprint density at radius 1 is 1.36 bits per heavy atom. The first-order valence-electron chi connectivity index (χ1n) is 6.64. The number of thiocarbonyl (C=S) groups is 1. The Bertz CT molecular complexity index is 617. The number of benzene rings is 1. The van der Waals surface area contributed by atoms with Crippen molar-refractivity contribution in [2.24, 2.45) is 0 Å². The molecule has 0 radical (unpaired) electrons. The first-order chi connectivity index (χ1) is 10.4. The van der Waals surface area contributed by atoms with Crippen molar-refractivity contribution >= 4 is 46.2 Å². The van der Waals surface area contributed by atoms with E-state index in [1.807, 2.05) is 9.80 Å². The van der Waals surface area contributed by atoms with Gasteiger partial charge in [-0.05, 0) is 18.3 Å². The highest BCUT2D eigenvalue weighted by molar-refractivity contribution is 7.80. The molecule has 0 unspecified atom stereocenters. The topological polar surface area (TPSA) is 78.7 Å². The Labute approximate surface area is 138 Å². The summed E-state index contributed by atoms with van der Waals surface area (Å²) in [5.41, 5.74) is 0.733. The first kappa shape index (κ1) is 16.4. The lowest BCUT2D eigenvalue weighted by Gasteiger charge is -2.37. The van der Waals surface area contributed by atoms with E-state index in [1.54, 1.807) is 6.07 Å². The fraction of sp³-hybridized carbons (Fsp3) is 0.385. The molecule has 1 amide bonds. The maximum atomic E-state index is 11.0. The molecule has 1 aromatic carbocycles. The van der Waals surface area contributed by atoms with Crippen LogP contribution >= 0.6 is 23.8 Å². The van der Waals surface area contributed by atoms with Crippen molar-refractivity contribution in [3.05, 3.63) is 33.3 Å². The molecule has 1 aromatic rings. The Balaban J connectivity index is 2.01. The Kier molecular flexibility index (Phi) is 5.15. The van der Waals surface area contributed by atoms with E-state index in [9.17, 15) is 14.9 Å². The molecular weight excluding hydrogens is 328 g/mol. The van der Waals surface area contributed by atoms with Crippen molar-refractivity contribution in [3.63, 3.8) is 0 Å². The number of carbonyl (C=O) groups is 1.